The first-order valence-electron chi connectivity index (χ1n) is 14.8. The van der Waals surface area contributed by atoms with Crippen LogP contribution in [0.4, 0.5) is 0 Å². The smallest absolute Gasteiger partial charge is 0.326 e. The Morgan fingerprint density at radius 1 is 0.889 bits per heavy atom. The van der Waals surface area contributed by atoms with Gasteiger partial charge in [0.25, 0.3) is 0 Å². The van der Waals surface area contributed by atoms with E-state index in [0.717, 1.165) is 16.5 Å². The van der Waals surface area contributed by atoms with Gasteiger partial charge in [0.05, 0.1) is 12.4 Å². The molecule has 0 fully saturated rings. The maximum absolute atomic E-state index is 13.8. The largest absolute Gasteiger partial charge is 0.480 e. The molecule has 3 amide bonds. The first-order valence-corrected chi connectivity index (χ1v) is 14.8. The fourth-order valence-electron chi connectivity index (χ4n) is 4.78. The summed E-state index contributed by atoms with van der Waals surface area (Å²) < 4.78 is 0. The molecule has 16 heteroatoms. The van der Waals surface area contributed by atoms with Gasteiger partial charge in [0, 0.05) is 48.4 Å². The van der Waals surface area contributed by atoms with Gasteiger partial charge < -0.3 is 54.0 Å². The Bertz CT molecular complexity index is 1440. The Hall–Kier alpha value is -4.96. The number of nitrogens with one attached hydrogen (secondary N) is 5. The lowest BCUT2D eigenvalue weighted by Crippen LogP contribution is -2.57. The van der Waals surface area contributed by atoms with E-state index in [4.69, 9.17) is 22.9 Å². The number of aliphatic imine (C=N–C) groups is 1. The molecular formula is C29H43N11O5. The predicted molar refractivity (Wildman–Crippen MR) is 169 cm³/mol. The second-order valence-corrected chi connectivity index (χ2v) is 10.7. The summed E-state index contributed by atoms with van der Waals surface area (Å²) in [5.41, 5.74) is 24.6. The molecule has 0 spiro atoms. The molecule has 2 aromatic heterocycles. The minimum atomic E-state index is -1.30. The number of carbonyl (C=O) groups excluding carboxylic acids is 3. The molecule has 4 atom stereocenters. The van der Waals surface area contributed by atoms with Gasteiger partial charge in [0.15, 0.2) is 5.96 Å². The summed E-state index contributed by atoms with van der Waals surface area (Å²) in [6, 6.07) is 3.06. The van der Waals surface area contributed by atoms with Crippen molar-refractivity contribution in [2.75, 3.05) is 13.1 Å². The second kappa shape index (κ2) is 17.4. The summed E-state index contributed by atoms with van der Waals surface area (Å²) in [6.45, 7) is 0.642. The number of H-pyrrole nitrogens is 2. The molecule has 0 bridgehead atoms. The molecule has 16 nitrogen and oxygen atoms in total. The topological polar surface area (TPSA) is 286 Å². The molecular weight excluding hydrogens is 582 g/mol. The molecule has 0 aliphatic carbocycles. The van der Waals surface area contributed by atoms with Crippen molar-refractivity contribution in [2.45, 2.75) is 69.1 Å². The highest BCUT2D eigenvalue weighted by atomic mass is 16.4. The maximum atomic E-state index is 13.8. The van der Waals surface area contributed by atoms with Crippen molar-refractivity contribution in [2.24, 2.45) is 27.9 Å². The van der Waals surface area contributed by atoms with Crippen LogP contribution in [-0.4, -0.2) is 87.0 Å². The highest BCUT2D eigenvalue weighted by Gasteiger charge is 2.31. The van der Waals surface area contributed by atoms with E-state index in [2.05, 4.69) is 35.9 Å². The van der Waals surface area contributed by atoms with Crippen LogP contribution in [0.5, 0.6) is 0 Å². The van der Waals surface area contributed by atoms with Gasteiger partial charge in [-0.3, -0.25) is 19.4 Å². The zero-order chi connectivity index (χ0) is 32.8. The Kier molecular flexibility index (Phi) is 13.3. The molecule has 0 aliphatic heterocycles. The Morgan fingerprint density at radius 3 is 2.29 bits per heavy atom. The maximum Gasteiger partial charge on any atom is 0.326 e. The number of aliphatic carboxylic acids is 1. The number of carbonyl (C=O) groups is 4. The monoisotopic (exact) mass is 625 g/mol. The zero-order valence-corrected chi connectivity index (χ0v) is 25.0. The average Bonchev–Trinajstić information content (AvgIpc) is 3.67. The first-order chi connectivity index (χ1) is 21.6. The van der Waals surface area contributed by atoms with Crippen LogP contribution in [0.25, 0.3) is 10.9 Å². The molecule has 0 saturated carbocycles. The van der Waals surface area contributed by atoms with Crippen LogP contribution in [0.15, 0.2) is 48.0 Å². The van der Waals surface area contributed by atoms with E-state index in [9.17, 15) is 24.3 Å². The summed E-state index contributed by atoms with van der Waals surface area (Å²) in [5.74, 6) is -3.29. The van der Waals surface area contributed by atoms with Crippen LogP contribution in [0.1, 0.15) is 43.4 Å². The van der Waals surface area contributed by atoms with Crippen molar-refractivity contribution in [1.29, 1.82) is 0 Å². The number of benzene rings is 1. The molecule has 4 unspecified atom stereocenters. The van der Waals surface area contributed by atoms with E-state index in [1.54, 1.807) is 6.20 Å². The summed E-state index contributed by atoms with van der Waals surface area (Å²) in [4.78, 5) is 66.0. The van der Waals surface area contributed by atoms with E-state index in [1.165, 1.54) is 12.5 Å². The number of unbranched alkanes of at least 4 members (excludes halogenated alkanes) is 1. The minimum Gasteiger partial charge on any atom is -0.480 e. The van der Waals surface area contributed by atoms with Gasteiger partial charge in [-0.2, -0.15) is 0 Å². The highest BCUT2D eigenvalue weighted by molar-refractivity contribution is 5.95. The molecule has 0 saturated heterocycles. The normalized spacial score (nSPS) is 13.7. The number of rotatable bonds is 19. The fraction of sp³-hybridized carbons (Fsp3) is 0.448. The highest BCUT2D eigenvalue weighted by Crippen LogP contribution is 2.19. The van der Waals surface area contributed by atoms with Crippen molar-refractivity contribution in [3.8, 4) is 0 Å². The Morgan fingerprint density at radius 2 is 1.60 bits per heavy atom. The summed E-state index contributed by atoms with van der Waals surface area (Å²) in [6.07, 6.45) is 6.74. The lowest BCUT2D eigenvalue weighted by molar-refractivity contribution is -0.142. The van der Waals surface area contributed by atoms with Crippen LogP contribution in [0.2, 0.25) is 0 Å². The van der Waals surface area contributed by atoms with Gasteiger partial charge >= 0.3 is 5.97 Å². The van der Waals surface area contributed by atoms with Gasteiger partial charge in [-0.05, 0) is 43.9 Å². The van der Waals surface area contributed by atoms with E-state index in [1.807, 2.05) is 24.3 Å². The van der Waals surface area contributed by atoms with Gasteiger partial charge in [-0.1, -0.05) is 24.6 Å². The molecule has 2 heterocycles. The lowest BCUT2D eigenvalue weighted by atomic mass is 10.0. The number of hydrogen-bond acceptors (Lipinski definition) is 8. The predicted octanol–water partition coefficient (Wildman–Crippen LogP) is -1.27. The zero-order valence-electron chi connectivity index (χ0n) is 25.0. The number of amides is 3. The van der Waals surface area contributed by atoms with E-state index in [0.29, 0.717) is 37.9 Å². The van der Waals surface area contributed by atoms with Crippen LogP contribution in [0, 0.1) is 0 Å². The van der Waals surface area contributed by atoms with Gasteiger partial charge in [-0.25, -0.2) is 9.78 Å². The molecule has 14 N–H and O–H groups in total. The number of carboxylic acid groups (broad SMARTS) is 1. The third-order valence-corrected chi connectivity index (χ3v) is 7.21. The van der Waals surface area contributed by atoms with E-state index >= 15 is 0 Å². The standard InChI is InChI=1S/C29H43N11O5/c30-10-4-3-7-20(31)25(41)39-23(12-17-14-36-21-8-2-1-6-19(17)21)27(43)38-22(9-5-11-35-29(32)33)26(42)40-24(28(44)45)13-18-15-34-16-37-18/h1-2,6,8,14-16,20,22-24,36H,3-5,7,9-13,30-31H2,(H,34,37)(H,38,43)(H,39,41)(H,40,42)(H,44,45)(H4,32,33,35). The number of nitrogens with two attached hydrogens (primary N) is 4. The number of aromatic nitrogens is 3. The van der Waals surface area contributed by atoms with Gasteiger partial charge in [0.2, 0.25) is 17.7 Å². The van der Waals surface area contributed by atoms with Crippen molar-refractivity contribution in [3.05, 3.63) is 54.2 Å². The Balaban J connectivity index is 1.82. The van der Waals surface area contributed by atoms with E-state index < -0.39 is 47.9 Å². The number of nitrogens with zero attached hydrogens (tertiary/aromatic N) is 2. The lowest BCUT2D eigenvalue weighted by Gasteiger charge is -2.25. The SMILES string of the molecule is NCCCCC(N)C(=O)NC(Cc1c[nH]c2ccccc12)C(=O)NC(CCCN=C(N)N)C(=O)NC(Cc1cnc[nH]1)C(=O)O. The van der Waals surface area contributed by atoms with Crippen molar-refractivity contribution < 1.29 is 24.3 Å². The summed E-state index contributed by atoms with van der Waals surface area (Å²) in [7, 11) is 0. The molecule has 3 aromatic rings. The van der Waals surface area contributed by atoms with Crippen LogP contribution in [0.3, 0.4) is 0 Å². The van der Waals surface area contributed by atoms with Crippen LogP contribution < -0.4 is 38.9 Å². The summed E-state index contributed by atoms with van der Waals surface area (Å²) in [5, 5.41) is 18.6. The summed E-state index contributed by atoms with van der Waals surface area (Å²) >= 11 is 0. The second-order valence-electron chi connectivity index (χ2n) is 10.7. The third kappa shape index (κ3) is 10.9. The number of aromatic amines is 2. The number of guanidine groups is 1. The fourth-order valence-corrected chi connectivity index (χ4v) is 4.78. The number of fused-ring (bicyclic) bond motifs is 1. The first kappa shape index (κ1) is 34.5. The van der Waals surface area contributed by atoms with E-state index in [-0.39, 0.29) is 31.8 Å². The number of para-hydroxylation sites is 1. The number of imidazole rings is 1. The Labute approximate surface area is 260 Å². The van der Waals surface area contributed by atoms with Crippen LogP contribution in [-0.2, 0) is 32.0 Å². The number of hydrogen-bond donors (Lipinski definition) is 10. The average molecular weight is 626 g/mol. The van der Waals surface area contributed by atoms with Crippen molar-refractivity contribution in [3.63, 3.8) is 0 Å². The quantitative estimate of drug-likeness (QED) is 0.0428. The number of carboxylic acids is 1. The van der Waals surface area contributed by atoms with Gasteiger partial charge in [0.1, 0.15) is 18.1 Å². The van der Waals surface area contributed by atoms with Gasteiger partial charge in [-0.15, -0.1) is 0 Å². The third-order valence-electron chi connectivity index (χ3n) is 7.21. The molecule has 0 aliphatic rings. The van der Waals surface area contributed by atoms with Crippen LogP contribution >= 0.6 is 0 Å². The van der Waals surface area contributed by atoms with Crippen molar-refractivity contribution >= 4 is 40.6 Å². The molecule has 0 radical (unpaired) electrons. The minimum absolute atomic E-state index is 0.0585. The van der Waals surface area contributed by atoms with Crippen molar-refractivity contribution in [1.82, 2.24) is 30.9 Å². The molecule has 45 heavy (non-hydrogen) atoms. The molecule has 3 rings (SSSR count). The molecule has 1 aromatic carbocycles. The molecule has 244 valence electrons.